The molecule has 0 bridgehead atoms. The lowest BCUT2D eigenvalue weighted by Gasteiger charge is -1.94. The fourth-order valence-corrected chi connectivity index (χ4v) is 1.03. The van der Waals surface area contributed by atoms with Gasteiger partial charge in [-0.05, 0) is 0 Å². The summed E-state index contributed by atoms with van der Waals surface area (Å²) in [5.74, 6) is -1.62. The maximum atomic E-state index is 11.6. The third-order valence-corrected chi connectivity index (χ3v) is 1.60. The average molecular weight is 257 g/mol. The zero-order chi connectivity index (χ0) is 10.6. The molecular weight excluding hydrogens is 251 g/mol. The van der Waals surface area contributed by atoms with Crippen LogP contribution in [-0.4, -0.2) is 33.0 Å². The van der Waals surface area contributed by atoms with Crippen LogP contribution in [0.4, 0.5) is 9.52 Å². The Morgan fingerprint density at radius 2 is 2.40 bits per heavy atom. The van der Waals surface area contributed by atoms with Gasteiger partial charge in [0.15, 0.2) is 5.13 Å². The van der Waals surface area contributed by atoms with Crippen LogP contribution in [0.2, 0.25) is 0 Å². The topological polar surface area (TPSA) is 111 Å². The van der Waals surface area contributed by atoms with Gasteiger partial charge in [-0.3, -0.25) is 0 Å². The number of hydrogen-bond acceptors (Lipinski definition) is 7. The number of nitrogens with zero attached hydrogens (tertiary/aromatic N) is 3. The maximum Gasteiger partial charge on any atom is 0.362 e. The van der Waals surface area contributed by atoms with Crippen molar-refractivity contribution in [1.82, 2.24) is 9.36 Å². The molecule has 0 fully saturated rings. The van der Waals surface area contributed by atoms with Crippen LogP contribution < -0.4 is 5.73 Å². The van der Waals surface area contributed by atoms with Gasteiger partial charge in [-0.1, -0.05) is 5.16 Å². The second kappa shape index (κ2) is 6.09. The van der Waals surface area contributed by atoms with Gasteiger partial charge in [-0.2, -0.15) is 9.36 Å². The molecule has 0 saturated carbocycles. The monoisotopic (exact) mass is 256 g/mol. The Kier molecular flexibility index (Phi) is 5.49. The van der Waals surface area contributed by atoms with Gasteiger partial charge in [0.1, 0.15) is 0 Å². The second-order valence-corrected chi connectivity index (χ2v) is 2.72. The molecule has 1 aromatic rings. The van der Waals surface area contributed by atoms with Crippen molar-refractivity contribution in [3.05, 3.63) is 5.82 Å². The highest BCUT2D eigenvalue weighted by Gasteiger charge is 2.18. The fourth-order valence-electron chi connectivity index (χ4n) is 0.596. The van der Waals surface area contributed by atoms with Crippen LogP contribution in [0.15, 0.2) is 5.16 Å². The van der Waals surface area contributed by atoms with E-state index in [0.717, 1.165) is 11.5 Å². The number of nitrogen functional groups attached to an aromatic ring is 1. The van der Waals surface area contributed by atoms with Crippen LogP contribution in [0.5, 0.6) is 0 Å². The van der Waals surface area contributed by atoms with Gasteiger partial charge in [0.2, 0.25) is 11.5 Å². The molecule has 0 spiro atoms. The van der Waals surface area contributed by atoms with E-state index in [1.807, 2.05) is 0 Å². The van der Waals surface area contributed by atoms with Crippen molar-refractivity contribution < 1.29 is 19.1 Å². The van der Waals surface area contributed by atoms with Gasteiger partial charge in [-0.25, -0.2) is 9.18 Å². The number of aromatic nitrogens is 2. The standard InChI is InChI=1S/C5H5FN4O3S.ClH/c6-1-13-9-2(4(11)12)3-8-5(7)14-10-3;/h1H2,(H,11,12)(H2,7,8,10);1H. The Balaban J connectivity index is 0.00000196. The summed E-state index contributed by atoms with van der Waals surface area (Å²) < 4.78 is 15.1. The largest absolute Gasteiger partial charge is 0.476 e. The highest BCUT2D eigenvalue weighted by molar-refractivity contribution is 7.09. The first-order chi connectivity index (χ1) is 6.65. The molecular formula is C5H6ClFN4O3S. The third kappa shape index (κ3) is 3.64. The van der Waals surface area contributed by atoms with Crippen molar-refractivity contribution in [2.45, 2.75) is 0 Å². The molecule has 0 aliphatic rings. The van der Waals surface area contributed by atoms with Crippen LogP contribution in [0.25, 0.3) is 0 Å². The smallest absolute Gasteiger partial charge is 0.362 e. The van der Waals surface area contributed by atoms with Gasteiger partial charge in [0.25, 0.3) is 6.86 Å². The van der Waals surface area contributed by atoms with E-state index in [1.165, 1.54) is 0 Å². The zero-order valence-corrected chi connectivity index (χ0v) is 8.72. The van der Waals surface area contributed by atoms with E-state index < -0.39 is 18.5 Å². The predicted octanol–water partition coefficient (Wildman–Crippen LogP) is 0.274. The number of carboxylic acids is 1. The van der Waals surface area contributed by atoms with Gasteiger partial charge in [-0.15, -0.1) is 12.4 Å². The minimum atomic E-state index is -1.42. The molecule has 0 aliphatic carbocycles. The molecule has 0 atom stereocenters. The number of rotatable bonds is 4. The van der Waals surface area contributed by atoms with Crippen LogP contribution in [0, 0.1) is 0 Å². The normalized spacial score (nSPS) is 10.6. The van der Waals surface area contributed by atoms with Crippen LogP contribution in [-0.2, 0) is 9.63 Å². The summed E-state index contributed by atoms with van der Waals surface area (Å²) in [5.41, 5.74) is 4.64. The minimum absolute atomic E-state index is 0. The summed E-state index contributed by atoms with van der Waals surface area (Å²) in [6, 6.07) is 0. The first-order valence-electron chi connectivity index (χ1n) is 3.24. The molecule has 0 radical (unpaired) electrons. The summed E-state index contributed by atoms with van der Waals surface area (Å²) in [4.78, 5) is 18.1. The quantitative estimate of drug-likeness (QED) is 0.591. The second-order valence-electron chi connectivity index (χ2n) is 1.94. The summed E-state index contributed by atoms with van der Waals surface area (Å²) in [6.07, 6.45) is 0. The van der Waals surface area contributed by atoms with Crippen molar-refractivity contribution in [3.8, 4) is 0 Å². The number of alkyl halides is 1. The maximum absolute atomic E-state index is 11.6. The van der Waals surface area contributed by atoms with E-state index in [0.29, 0.717) is 0 Å². The van der Waals surface area contributed by atoms with Crippen LogP contribution in [0.1, 0.15) is 5.82 Å². The van der Waals surface area contributed by atoms with E-state index in [1.54, 1.807) is 0 Å². The molecule has 15 heavy (non-hydrogen) atoms. The van der Waals surface area contributed by atoms with Gasteiger partial charge < -0.3 is 15.7 Å². The third-order valence-electron chi connectivity index (χ3n) is 1.06. The molecule has 0 aromatic carbocycles. The summed E-state index contributed by atoms with van der Waals surface area (Å²) in [6.45, 7) is -1.23. The van der Waals surface area contributed by atoms with E-state index in [-0.39, 0.29) is 23.4 Å². The number of nitrogens with two attached hydrogens (primary N) is 1. The molecule has 84 valence electrons. The predicted molar refractivity (Wildman–Crippen MR) is 52.8 cm³/mol. The molecule has 0 unspecified atom stereocenters. The van der Waals surface area contributed by atoms with Gasteiger partial charge in [0.05, 0.1) is 0 Å². The highest BCUT2D eigenvalue weighted by atomic mass is 35.5. The Morgan fingerprint density at radius 1 is 1.73 bits per heavy atom. The van der Waals surface area contributed by atoms with Crippen molar-refractivity contribution in [1.29, 1.82) is 0 Å². The van der Waals surface area contributed by atoms with Crippen molar-refractivity contribution in [3.63, 3.8) is 0 Å². The van der Waals surface area contributed by atoms with Gasteiger partial charge in [0, 0.05) is 11.5 Å². The Labute approximate surface area is 93.3 Å². The summed E-state index contributed by atoms with van der Waals surface area (Å²) in [7, 11) is 0. The van der Waals surface area contributed by atoms with Crippen LogP contribution in [0.3, 0.4) is 0 Å². The SMILES string of the molecule is Cl.Nc1nc(C(=NOCF)C(=O)O)ns1. The minimum Gasteiger partial charge on any atom is -0.476 e. The zero-order valence-electron chi connectivity index (χ0n) is 7.08. The van der Waals surface area contributed by atoms with Crippen molar-refractivity contribution in [2.24, 2.45) is 5.16 Å². The van der Waals surface area contributed by atoms with E-state index in [2.05, 4.69) is 19.4 Å². The molecule has 1 rings (SSSR count). The molecule has 0 aliphatic heterocycles. The first-order valence-corrected chi connectivity index (χ1v) is 4.01. The lowest BCUT2D eigenvalue weighted by Crippen LogP contribution is -2.16. The molecule has 1 heterocycles. The van der Waals surface area contributed by atoms with Crippen LogP contribution >= 0.6 is 23.9 Å². The van der Waals surface area contributed by atoms with E-state index in [4.69, 9.17) is 10.8 Å². The average Bonchev–Trinajstić information content (AvgIpc) is 2.52. The molecule has 3 N–H and O–H groups in total. The molecule has 0 saturated heterocycles. The Bertz CT molecular complexity index is 371. The Hall–Kier alpha value is -1.48. The summed E-state index contributed by atoms with van der Waals surface area (Å²) >= 11 is 0.807. The number of carbonyl (C=O) groups is 1. The molecule has 1 aromatic heterocycles. The van der Waals surface area contributed by atoms with Gasteiger partial charge >= 0.3 is 5.97 Å². The van der Waals surface area contributed by atoms with Crippen molar-refractivity contribution >= 4 is 40.8 Å². The number of halogens is 2. The highest BCUT2D eigenvalue weighted by Crippen LogP contribution is 2.07. The molecule has 10 heteroatoms. The lowest BCUT2D eigenvalue weighted by molar-refractivity contribution is -0.129. The number of carboxylic acid groups (broad SMARTS) is 1. The first kappa shape index (κ1) is 13.5. The Morgan fingerprint density at radius 3 is 2.80 bits per heavy atom. The van der Waals surface area contributed by atoms with E-state index >= 15 is 0 Å². The lowest BCUT2D eigenvalue weighted by atomic mass is 10.4. The molecule has 7 nitrogen and oxygen atoms in total. The summed E-state index contributed by atoms with van der Waals surface area (Å²) in [5, 5.41) is 11.7. The number of aliphatic carboxylic acids is 1. The molecule has 0 amide bonds. The fraction of sp³-hybridized carbons (Fsp3) is 0.200. The number of anilines is 1. The number of oxime groups is 1. The number of hydrogen-bond donors (Lipinski definition) is 2. The van der Waals surface area contributed by atoms with E-state index in [9.17, 15) is 9.18 Å². The van der Waals surface area contributed by atoms with Crippen molar-refractivity contribution in [2.75, 3.05) is 12.6 Å².